The molecule has 0 aliphatic carbocycles. The van der Waals surface area contributed by atoms with Crippen LogP contribution in [0.1, 0.15) is 23.6 Å². The summed E-state index contributed by atoms with van der Waals surface area (Å²) >= 11 is 0. The quantitative estimate of drug-likeness (QED) is 0.830. The Morgan fingerprint density at radius 1 is 1.12 bits per heavy atom. The van der Waals surface area contributed by atoms with Crippen LogP contribution in [0, 0.1) is 13.8 Å². The molecule has 138 valence electrons. The zero-order chi connectivity index (χ0) is 19.1. The van der Waals surface area contributed by atoms with E-state index in [1.54, 1.807) is 7.05 Å². The Kier molecular flexibility index (Phi) is 6.78. The van der Waals surface area contributed by atoms with Crippen LogP contribution in [0.25, 0.3) is 0 Å². The lowest BCUT2D eigenvalue weighted by molar-refractivity contribution is -0.135. The molecule has 2 aromatic rings. The van der Waals surface area contributed by atoms with Crippen molar-refractivity contribution >= 4 is 17.5 Å². The number of hydrogen-bond donors (Lipinski definition) is 1. The van der Waals surface area contributed by atoms with Gasteiger partial charge in [0, 0.05) is 12.7 Å². The molecule has 5 nitrogen and oxygen atoms in total. The Balaban J connectivity index is 1.85. The zero-order valence-corrected chi connectivity index (χ0v) is 15.8. The topological polar surface area (TPSA) is 58.6 Å². The third-order valence-corrected chi connectivity index (χ3v) is 4.14. The molecule has 0 spiro atoms. The molecular weight excluding hydrogens is 328 g/mol. The standard InChI is InChI=1S/C21H26N2O3/c1-5-17-7-6-8-18(12-17)26-14-21(25)23(4)13-20(24)22-19-11-15(2)9-10-16(19)3/h6-12H,5,13-14H2,1-4H3,(H,22,24). The second kappa shape index (κ2) is 9.04. The van der Waals surface area contributed by atoms with E-state index >= 15 is 0 Å². The first-order valence-electron chi connectivity index (χ1n) is 8.72. The number of nitrogens with one attached hydrogen (secondary N) is 1. The van der Waals surface area contributed by atoms with Gasteiger partial charge >= 0.3 is 0 Å². The maximum absolute atomic E-state index is 12.2. The zero-order valence-electron chi connectivity index (χ0n) is 15.8. The first-order valence-corrected chi connectivity index (χ1v) is 8.72. The molecule has 2 aromatic carbocycles. The molecule has 1 N–H and O–H groups in total. The lowest BCUT2D eigenvalue weighted by atomic mass is 10.1. The van der Waals surface area contributed by atoms with Crippen molar-refractivity contribution in [3.05, 3.63) is 59.2 Å². The number of nitrogens with zero attached hydrogens (tertiary/aromatic N) is 1. The lowest BCUT2D eigenvalue weighted by Gasteiger charge is -2.18. The van der Waals surface area contributed by atoms with E-state index in [1.165, 1.54) is 4.90 Å². The van der Waals surface area contributed by atoms with Crippen LogP contribution in [-0.2, 0) is 16.0 Å². The van der Waals surface area contributed by atoms with Crippen molar-refractivity contribution in [3.8, 4) is 5.75 Å². The van der Waals surface area contributed by atoms with Crippen molar-refractivity contribution in [2.75, 3.05) is 25.5 Å². The lowest BCUT2D eigenvalue weighted by Crippen LogP contribution is -2.37. The Morgan fingerprint density at radius 3 is 2.62 bits per heavy atom. The number of carbonyl (C=O) groups is 2. The number of carbonyl (C=O) groups excluding carboxylic acids is 2. The highest BCUT2D eigenvalue weighted by molar-refractivity contribution is 5.95. The maximum atomic E-state index is 12.2. The fraction of sp³-hybridized carbons (Fsp3) is 0.333. The molecular formula is C21H26N2O3. The van der Waals surface area contributed by atoms with Crippen LogP contribution in [-0.4, -0.2) is 36.9 Å². The van der Waals surface area contributed by atoms with Gasteiger partial charge in [0.1, 0.15) is 5.75 Å². The molecule has 0 fully saturated rings. The normalized spacial score (nSPS) is 10.3. The molecule has 0 radical (unpaired) electrons. The second-order valence-corrected chi connectivity index (χ2v) is 6.41. The summed E-state index contributed by atoms with van der Waals surface area (Å²) < 4.78 is 5.54. The molecule has 2 rings (SSSR count). The van der Waals surface area contributed by atoms with Gasteiger partial charge in [0.15, 0.2) is 6.61 Å². The van der Waals surface area contributed by atoms with Crippen LogP contribution in [0.4, 0.5) is 5.69 Å². The smallest absolute Gasteiger partial charge is 0.260 e. The molecule has 0 aliphatic heterocycles. The van der Waals surface area contributed by atoms with Gasteiger partial charge in [-0.15, -0.1) is 0 Å². The summed E-state index contributed by atoms with van der Waals surface area (Å²) in [5.41, 5.74) is 3.97. The first kappa shape index (κ1) is 19.5. The number of amides is 2. The molecule has 0 atom stereocenters. The number of rotatable bonds is 7. The summed E-state index contributed by atoms with van der Waals surface area (Å²) in [6.07, 6.45) is 0.906. The average molecular weight is 354 g/mol. The Hall–Kier alpha value is -2.82. The Labute approximate surface area is 155 Å². The van der Waals surface area contributed by atoms with Crippen LogP contribution < -0.4 is 10.1 Å². The SMILES string of the molecule is CCc1cccc(OCC(=O)N(C)CC(=O)Nc2cc(C)ccc2C)c1. The van der Waals surface area contributed by atoms with Gasteiger partial charge in [0.25, 0.3) is 5.91 Å². The summed E-state index contributed by atoms with van der Waals surface area (Å²) in [5, 5.41) is 2.85. The molecule has 26 heavy (non-hydrogen) atoms. The largest absolute Gasteiger partial charge is 0.484 e. The van der Waals surface area contributed by atoms with Crippen molar-refractivity contribution < 1.29 is 14.3 Å². The van der Waals surface area contributed by atoms with Crippen LogP contribution in [0.2, 0.25) is 0 Å². The number of aryl methyl sites for hydroxylation is 3. The van der Waals surface area contributed by atoms with E-state index < -0.39 is 0 Å². The second-order valence-electron chi connectivity index (χ2n) is 6.41. The van der Waals surface area contributed by atoms with Crippen molar-refractivity contribution in [2.24, 2.45) is 0 Å². The number of anilines is 1. The highest BCUT2D eigenvalue weighted by atomic mass is 16.5. The predicted molar refractivity (Wildman–Crippen MR) is 103 cm³/mol. The molecule has 0 heterocycles. The molecule has 0 saturated heterocycles. The minimum atomic E-state index is -0.247. The van der Waals surface area contributed by atoms with Crippen molar-refractivity contribution in [2.45, 2.75) is 27.2 Å². The average Bonchev–Trinajstić information content (AvgIpc) is 2.62. The van der Waals surface area contributed by atoms with E-state index in [4.69, 9.17) is 4.74 Å². The number of benzene rings is 2. The van der Waals surface area contributed by atoms with Crippen LogP contribution in [0.15, 0.2) is 42.5 Å². The molecule has 0 saturated carbocycles. The van der Waals surface area contributed by atoms with E-state index in [1.807, 2.05) is 56.3 Å². The fourth-order valence-electron chi connectivity index (χ4n) is 2.47. The van der Waals surface area contributed by atoms with Gasteiger partial charge in [-0.25, -0.2) is 0 Å². The van der Waals surface area contributed by atoms with Crippen molar-refractivity contribution in [3.63, 3.8) is 0 Å². The highest BCUT2D eigenvalue weighted by Crippen LogP contribution is 2.16. The Bertz CT molecular complexity index is 787. The van der Waals surface area contributed by atoms with E-state index in [9.17, 15) is 9.59 Å². The first-order chi connectivity index (χ1) is 12.4. The summed E-state index contributed by atoms with van der Waals surface area (Å²) in [6.45, 7) is 5.84. The van der Waals surface area contributed by atoms with Crippen molar-refractivity contribution in [1.82, 2.24) is 4.90 Å². The molecule has 0 unspecified atom stereocenters. The minimum Gasteiger partial charge on any atom is -0.484 e. The fourth-order valence-corrected chi connectivity index (χ4v) is 2.47. The van der Waals surface area contributed by atoms with Crippen LogP contribution in [0.3, 0.4) is 0 Å². The summed E-state index contributed by atoms with van der Waals surface area (Å²) in [5.74, 6) is 0.177. The number of likely N-dealkylation sites (N-methyl/N-ethyl adjacent to an activating group) is 1. The molecule has 0 aromatic heterocycles. The number of ether oxygens (including phenoxy) is 1. The van der Waals surface area contributed by atoms with Crippen LogP contribution >= 0.6 is 0 Å². The molecule has 2 amide bonds. The summed E-state index contributed by atoms with van der Waals surface area (Å²) in [6, 6.07) is 13.5. The van der Waals surface area contributed by atoms with Gasteiger partial charge in [-0.1, -0.05) is 31.2 Å². The van der Waals surface area contributed by atoms with E-state index in [2.05, 4.69) is 12.2 Å². The third kappa shape index (κ3) is 5.62. The van der Waals surface area contributed by atoms with Gasteiger partial charge in [-0.3, -0.25) is 9.59 Å². The van der Waals surface area contributed by atoms with Crippen LogP contribution in [0.5, 0.6) is 5.75 Å². The van der Waals surface area contributed by atoms with E-state index in [-0.39, 0.29) is 25.0 Å². The number of hydrogen-bond acceptors (Lipinski definition) is 3. The molecule has 0 aliphatic rings. The summed E-state index contributed by atoms with van der Waals surface area (Å²) in [4.78, 5) is 25.8. The van der Waals surface area contributed by atoms with Gasteiger partial charge in [0.05, 0.1) is 6.54 Å². The van der Waals surface area contributed by atoms with Crippen molar-refractivity contribution in [1.29, 1.82) is 0 Å². The van der Waals surface area contributed by atoms with Gasteiger partial charge < -0.3 is 15.0 Å². The van der Waals surface area contributed by atoms with E-state index in [0.717, 1.165) is 28.8 Å². The van der Waals surface area contributed by atoms with E-state index in [0.29, 0.717) is 5.75 Å². The Morgan fingerprint density at radius 2 is 1.88 bits per heavy atom. The van der Waals surface area contributed by atoms with Gasteiger partial charge in [-0.2, -0.15) is 0 Å². The maximum Gasteiger partial charge on any atom is 0.260 e. The highest BCUT2D eigenvalue weighted by Gasteiger charge is 2.14. The van der Waals surface area contributed by atoms with Gasteiger partial charge in [0.2, 0.25) is 5.91 Å². The third-order valence-electron chi connectivity index (χ3n) is 4.14. The minimum absolute atomic E-state index is 0.0232. The predicted octanol–water partition coefficient (Wildman–Crippen LogP) is 3.34. The monoisotopic (exact) mass is 354 g/mol. The molecule has 0 bridgehead atoms. The molecule has 5 heteroatoms. The summed E-state index contributed by atoms with van der Waals surface area (Å²) in [7, 11) is 1.59. The van der Waals surface area contributed by atoms with Gasteiger partial charge in [-0.05, 0) is 55.2 Å².